The summed E-state index contributed by atoms with van der Waals surface area (Å²) in [6.45, 7) is 3.92. The number of aromatic nitrogens is 4. The number of unbranched alkanes of at least 4 members (excludes halogenated alkanes) is 1. The number of carbonyl (C=O) groups excluding carboxylic acids is 1. The number of rotatable bonds is 6. The van der Waals surface area contributed by atoms with Crippen LogP contribution in [0.3, 0.4) is 0 Å². The van der Waals surface area contributed by atoms with E-state index in [1.807, 2.05) is 25.4 Å². The Morgan fingerprint density at radius 1 is 1.43 bits per heavy atom. The Balaban J connectivity index is 2.24. The van der Waals surface area contributed by atoms with Gasteiger partial charge in [0.25, 0.3) is 5.91 Å². The van der Waals surface area contributed by atoms with E-state index in [0.717, 1.165) is 24.8 Å². The topological polar surface area (TPSA) is 74.8 Å². The van der Waals surface area contributed by atoms with E-state index in [1.54, 1.807) is 18.0 Å². The van der Waals surface area contributed by atoms with Gasteiger partial charge in [0.1, 0.15) is 0 Å². The third kappa shape index (κ3) is 3.45. The van der Waals surface area contributed by atoms with Crippen LogP contribution in [0.25, 0.3) is 0 Å². The summed E-state index contributed by atoms with van der Waals surface area (Å²) < 4.78 is 0. The maximum atomic E-state index is 12.6. The van der Waals surface area contributed by atoms with Crippen LogP contribution in [0, 0.1) is 6.92 Å². The fourth-order valence-electron chi connectivity index (χ4n) is 2.35. The zero-order valence-corrected chi connectivity index (χ0v) is 12.7. The second kappa shape index (κ2) is 6.97. The number of aryl methyl sites for hydroxylation is 1. The van der Waals surface area contributed by atoms with Gasteiger partial charge >= 0.3 is 0 Å². The van der Waals surface area contributed by atoms with Crippen molar-refractivity contribution < 1.29 is 4.79 Å². The lowest BCUT2D eigenvalue weighted by molar-refractivity contribution is 0.0713. The molecule has 2 aromatic heterocycles. The molecule has 0 aliphatic heterocycles. The highest BCUT2D eigenvalue weighted by atomic mass is 16.2. The van der Waals surface area contributed by atoms with Crippen LogP contribution in [-0.4, -0.2) is 38.2 Å². The highest BCUT2D eigenvalue weighted by Crippen LogP contribution is 2.26. The van der Waals surface area contributed by atoms with Gasteiger partial charge in [0.15, 0.2) is 5.69 Å². The summed E-state index contributed by atoms with van der Waals surface area (Å²) in [5, 5.41) is 10.4. The highest BCUT2D eigenvalue weighted by Gasteiger charge is 2.25. The molecule has 2 rings (SSSR count). The van der Waals surface area contributed by atoms with Gasteiger partial charge in [-0.25, -0.2) is 0 Å². The lowest BCUT2D eigenvalue weighted by atomic mass is 10.0. The molecule has 1 atom stereocenters. The number of H-pyrrole nitrogens is 1. The second-order valence-electron chi connectivity index (χ2n) is 5.12. The van der Waals surface area contributed by atoms with E-state index in [4.69, 9.17) is 0 Å². The largest absolute Gasteiger partial charge is 0.333 e. The van der Waals surface area contributed by atoms with Crippen LogP contribution in [0.4, 0.5) is 0 Å². The molecule has 0 saturated carbocycles. The van der Waals surface area contributed by atoms with Crippen LogP contribution < -0.4 is 0 Å². The van der Waals surface area contributed by atoms with E-state index in [0.29, 0.717) is 11.4 Å². The normalized spacial score (nSPS) is 12.1. The van der Waals surface area contributed by atoms with Crippen molar-refractivity contribution in [2.45, 2.75) is 39.2 Å². The molecule has 0 aliphatic rings. The van der Waals surface area contributed by atoms with Gasteiger partial charge in [-0.15, -0.1) is 0 Å². The number of amides is 1. The standard InChI is InChI=1S/C15H21N5O/c1-4-5-8-13(12-7-6-9-16-10-12)20(3)15(21)14-11(2)17-19-18-14/h6-7,9-10,13H,4-5,8H2,1-3H3,(H,17,18,19). The maximum Gasteiger partial charge on any atom is 0.276 e. The first-order valence-corrected chi connectivity index (χ1v) is 7.19. The van der Waals surface area contributed by atoms with Gasteiger partial charge in [-0.3, -0.25) is 9.78 Å². The van der Waals surface area contributed by atoms with Crippen molar-refractivity contribution in [2.24, 2.45) is 0 Å². The predicted octanol–water partition coefficient (Wildman–Crippen LogP) is 2.51. The zero-order valence-electron chi connectivity index (χ0n) is 12.7. The van der Waals surface area contributed by atoms with E-state index in [1.165, 1.54) is 0 Å². The minimum Gasteiger partial charge on any atom is -0.333 e. The van der Waals surface area contributed by atoms with E-state index in [-0.39, 0.29) is 11.9 Å². The summed E-state index contributed by atoms with van der Waals surface area (Å²) in [6, 6.07) is 3.91. The van der Waals surface area contributed by atoms with Crippen molar-refractivity contribution in [1.29, 1.82) is 0 Å². The summed E-state index contributed by atoms with van der Waals surface area (Å²) in [5.74, 6) is -0.119. The molecular weight excluding hydrogens is 266 g/mol. The molecule has 1 unspecified atom stereocenters. The number of aromatic amines is 1. The number of nitrogens with zero attached hydrogens (tertiary/aromatic N) is 4. The third-order valence-corrected chi connectivity index (χ3v) is 3.61. The summed E-state index contributed by atoms with van der Waals surface area (Å²) in [4.78, 5) is 18.5. The van der Waals surface area contributed by atoms with Gasteiger partial charge in [0.2, 0.25) is 0 Å². The van der Waals surface area contributed by atoms with E-state index in [2.05, 4.69) is 27.3 Å². The molecule has 0 radical (unpaired) electrons. The van der Waals surface area contributed by atoms with Gasteiger partial charge in [-0.1, -0.05) is 25.8 Å². The fourth-order valence-corrected chi connectivity index (χ4v) is 2.35. The number of pyridine rings is 1. The van der Waals surface area contributed by atoms with E-state index in [9.17, 15) is 4.79 Å². The molecule has 21 heavy (non-hydrogen) atoms. The van der Waals surface area contributed by atoms with Crippen LogP contribution in [0.5, 0.6) is 0 Å². The number of nitrogens with one attached hydrogen (secondary N) is 1. The summed E-state index contributed by atoms with van der Waals surface area (Å²) >= 11 is 0. The molecule has 1 amide bonds. The predicted molar refractivity (Wildman–Crippen MR) is 79.7 cm³/mol. The molecular formula is C15H21N5O. The average molecular weight is 287 g/mol. The number of hydrogen-bond donors (Lipinski definition) is 1. The third-order valence-electron chi connectivity index (χ3n) is 3.61. The summed E-state index contributed by atoms with van der Waals surface area (Å²) in [6.07, 6.45) is 6.60. The Kier molecular flexibility index (Phi) is 5.03. The van der Waals surface area contributed by atoms with Gasteiger partial charge < -0.3 is 4.90 Å². The van der Waals surface area contributed by atoms with Crippen molar-refractivity contribution in [2.75, 3.05) is 7.05 Å². The molecule has 2 heterocycles. The highest BCUT2D eigenvalue weighted by molar-refractivity contribution is 5.93. The smallest absolute Gasteiger partial charge is 0.276 e. The SMILES string of the molecule is CCCCC(c1cccnc1)N(C)C(=O)c1n[nH]nc1C. The Hall–Kier alpha value is -2.24. The minimum absolute atomic E-state index is 0.00208. The second-order valence-corrected chi connectivity index (χ2v) is 5.12. The summed E-state index contributed by atoms with van der Waals surface area (Å²) in [5.41, 5.74) is 2.04. The van der Waals surface area contributed by atoms with Crippen molar-refractivity contribution in [3.8, 4) is 0 Å². The Morgan fingerprint density at radius 3 is 2.81 bits per heavy atom. The average Bonchev–Trinajstić information content (AvgIpc) is 2.94. The molecule has 2 aromatic rings. The molecule has 0 spiro atoms. The molecule has 0 aromatic carbocycles. The Labute approximate surface area is 124 Å². The van der Waals surface area contributed by atoms with Crippen molar-refractivity contribution in [3.05, 3.63) is 41.5 Å². The van der Waals surface area contributed by atoms with Crippen LogP contribution >= 0.6 is 0 Å². The van der Waals surface area contributed by atoms with E-state index >= 15 is 0 Å². The Bertz CT molecular complexity index is 581. The first kappa shape index (κ1) is 15.2. The molecule has 1 N–H and O–H groups in total. The van der Waals surface area contributed by atoms with E-state index < -0.39 is 0 Å². The maximum absolute atomic E-state index is 12.6. The van der Waals surface area contributed by atoms with Crippen LogP contribution in [-0.2, 0) is 0 Å². The molecule has 112 valence electrons. The first-order chi connectivity index (χ1) is 10.1. The van der Waals surface area contributed by atoms with Crippen LogP contribution in [0.2, 0.25) is 0 Å². The van der Waals surface area contributed by atoms with Crippen molar-refractivity contribution >= 4 is 5.91 Å². The van der Waals surface area contributed by atoms with Gasteiger partial charge in [0.05, 0.1) is 11.7 Å². The monoisotopic (exact) mass is 287 g/mol. The quantitative estimate of drug-likeness (QED) is 0.885. The van der Waals surface area contributed by atoms with Gasteiger partial charge in [-0.2, -0.15) is 15.4 Å². The first-order valence-electron chi connectivity index (χ1n) is 7.19. The molecule has 0 aliphatic carbocycles. The Morgan fingerprint density at radius 2 is 2.24 bits per heavy atom. The van der Waals surface area contributed by atoms with Crippen molar-refractivity contribution in [1.82, 2.24) is 25.3 Å². The molecule has 6 nitrogen and oxygen atoms in total. The lowest BCUT2D eigenvalue weighted by Crippen LogP contribution is -2.32. The molecule has 0 bridgehead atoms. The van der Waals surface area contributed by atoms with Gasteiger partial charge in [-0.05, 0) is 25.0 Å². The molecule has 0 fully saturated rings. The summed E-state index contributed by atoms with van der Waals surface area (Å²) in [7, 11) is 1.81. The number of hydrogen-bond acceptors (Lipinski definition) is 4. The fraction of sp³-hybridized carbons (Fsp3) is 0.467. The zero-order chi connectivity index (χ0) is 15.2. The van der Waals surface area contributed by atoms with Crippen LogP contribution in [0.15, 0.2) is 24.5 Å². The van der Waals surface area contributed by atoms with Gasteiger partial charge in [0, 0.05) is 19.4 Å². The minimum atomic E-state index is -0.119. The van der Waals surface area contributed by atoms with Crippen molar-refractivity contribution in [3.63, 3.8) is 0 Å². The lowest BCUT2D eigenvalue weighted by Gasteiger charge is -2.28. The molecule has 0 saturated heterocycles. The molecule has 6 heteroatoms. The number of carbonyl (C=O) groups is 1. The van der Waals surface area contributed by atoms with Crippen LogP contribution in [0.1, 0.15) is 54.0 Å².